The van der Waals surface area contributed by atoms with Gasteiger partial charge in [-0.1, -0.05) is 0 Å². The molecule has 2 atom stereocenters. The van der Waals surface area contributed by atoms with Gasteiger partial charge in [0.25, 0.3) is 0 Å². The number of amides is 1. The molecule has 3 heterocycles. The summed E-state index contributed by atoms with van der Waals surface area (Å²) in [5.74, 6) is 0.889. The van der Waals surface area contributed by atoms with Crippen LogP contribution in [0.25, 0.3) is 0 Å². The number of piperidine rings is 1. The maximum Gasteiger partial charge on any atom is 0.248 e. The predicted octanol–water partition coefficient (Wildman–Crippen LogP) is 1.27. The molecule has 3 rings (SSSR count). The van der Waals surface area contributed by atoms with Crippen molar-refractivity contribution in [1.29, 1.82) is 0 Å². The first kappa shape index (κ1) is 18.1. The summed E-state index contributed by atoms with van der Waals surface area (Å²) in [6.07, 6.45) is 3.20. The van der Waals surface area contributed by atoms with Gasteiger partial charge in [0.2, 0.25) is 5.91 Å². The predicted molar refractivity (Wildman–Crippen MR) is 94.5 cm³/mol. The van der Waals surface area contributed by atoms with Crippen LogP contribution in [0, 0.1) is 12.3 Å². The van der Waals surface area contributed by atoms with Gasteiger partial charge < -0.3 is 19.3 Å². The Morgan fingerprint density at radius 1 is 1.44 bits per heavy atom. The summed E-state index contributed by atoms with van der Waals surface area (Å²) in [6, 6.07) is 4.02. The summed E-state index contributed by atoms with van der Waals surface area (Å²) < 4.78 is 11.9. The van der Waals surface area contributed by atoms with Gasteiger partial charge in [0, 0.05) is 39.2 Å². The fourth-order valence-electron chi connectivity index (χ4n) is 3.73. The Labute approximate surface area is 149 Å². The van der Waals surface area contributed by atoms with Gasteiger partial charge in [-0.05, 0) is 38.3 Å². The largest absolute Gasteiger partial charge is 0.377 e. The van der Waals surface area contributed by atoms with Crippen LogP contribution >= 0.6 is 0 Å². The summed E-state index contributed by atoms with van der Waals surface area (Å²) in [6.45, 7) is 5.13. The van der Waals surface area contributed by atoms with Crippen molar-refractivity contribution in [3.05, 3.63) is 17.8 Å². The molecule has 138 valence electrons. The molecule has 0 N–H and O–H groups in total. The summed E-state index contributed by atoms with van der Waals surface area (Å²) in [7, 11) is 3.49. The molecular weight excluding hydrogens is 320 g/mol. The molecule has 1 aromatic heterocycles. The number of ether oxygens (including phenoxy) is 2. The first-order chi connectivity index (χ1) is 12.0. The highest BCUT2D eigenvalue weighted by Crippen LogP contribution is 2.41. The average Bonchev–Trinajstić information content (AvgIpc) is 2.61. The lowest BCUT2D eigenvalue weighted by Crippen LogP contribution is -2.57. The second-order valence-corrected chi connectivity index (χ2v) is 7.35. The molecular formula is C18H28N4O3. The average molecular weight is 348 g/mol. The van der Waals surface area contributed by atoms with Crippen molar-refractivity contribution in [3.8, 4) is 0 Å². The monoisotopic (exact) mass is 348 g/mol. The van der Waals surface area contributed by atoms with Crippen LogP contribution < -0.4 is 4.90 Å². The molecule has 7 heteroatoms. The molecule has 7 nitrogen and oxygen atoms in total. The number of rotatable bonds is 5. The number of hydrogen-bond acceptors (Lipinski definition) is 6. The number of carbonyl (C=O) groups is 1. The number of carbonyl (C=O) groups excluding carboxylic acids is 1. The van der Waals surface area contributed by atoms with Crippen LogP contribution in [0.5, 0.6) is 0 Å². The third kappa shape index (κ3) is 4.10. The van der Waals surface area contributed by atoms with E-state index in [-0.39, 0.29) is 24.0 Å². The number of hydrogen-bond donors (Lipinski definition) is 0. The van der Waals surface area contributed by atoms with Gasteiger partial charge >= 0.3 is 0 Å². The van der Waals surface area contributed by atoms with E-state index < -0.39 is 0 Å². The number of nitrogens with zero attached hydrogens (tertiary/aromatic N) is 4. The van der Waals surface area contributed by atoms with E-state index in [1.165, 1.54) is 0 Å². The number of fused-ring (bicyclic) bond motifs is 1. The summed E-state index contributed by atoms with van der Waals surface area (Å²) in [4.78, 5) is 15.6. The van der Waals surface area contributed by atoms with E-state index in [0.29, 0.717) is 6.61 Å². The fourth-order valence-corrected chi connectivity index (χ4v) is 3.73. The van der Waals surface area contributed by atoms with E-state index in [1.54, 1.807) is 19.0 Å². The van der Waals surface area contributed by atoms with Crippen molar-refractivity contribution in [2.45, 2.75) is 32.3 Å². The van der Waals surface area contributed by atoms with E-state index in [1.807, 2.05) is 19.1 Å². The van der Waals surface area contributed by atoms with Gasteiger partial charge in [0.05, 0.1) is 18.4 Å². The van der Waals surface area contributed by atoms with Gasteiger partial charge in [0.1, 0.15) is 6.61 Å². The maximum atomic E-state index is 11.8. The Balaban J connectivity index is 1.70. The van der Waals surface area contributed by atoms with Crippen molar-refractivity contribution in [3.63, 3.8) is 0 Å². The van der Waals surface area contributed by atoms with Crippen molar-refractivity contribution in [2.24, 2.45) is 5.41 Å². The number of aromatic nitrogens is 2. The van der Waals surface area contributed by atoms with Gasteiger partial charge in [-0.2, -0.15) is 5.10 Å². The summed E-state index contributed by atoms with van der Waals surface area (Å²) in [5, 5.41) is 8.52. The topological polar surface area (TPSA) is 67.8 Å². The zero-order valence-corrected chi connectivity index (χ0v) is 15.4. The van der Waals surface area contributed by atoms with Crippen molar-refractivity contribution >= 4 is 11.7 Å². The Kier molecular flexibility index (Phi) is 5.54. The van der Waals surface area contributed by atoms with Crippen LogP contribution in [0.2, 0.25) is 0 Å². The molecule has 2 aliphatic heterocycles. The third-order valence-electron chi connectivity index (χ3n) is 5.21. The van der Waals surface area contributed by atoms with Crippen LogP contribution in [0.1, 0.15) is 25.0 Å². The molecule has 0 aliphatic carbocycles. The number of likely N-dealkylation sites (N-methyl/N-ethyl adjacent to an activating group) is 1. The molecule has 2 saturated heterocycles. The van der Waals surface area contributed by atoms with Gasteiger partial charge in [0.15, 0.2) is 5.82 Å². The first-order valence-corrected chi connectivity index (χ1v) is 8.95. The lowest BCUT2D eigenvalue weighted by atomic mass is 9.73. The minimum absolute atomic E-state index is 0.0123. The van der Waals surface area contributed by atoms with Gasteiger partial charge in [-0.3, -0.25) is 4.79 Å². The van der Waals surface area contributed by atoms with E-state index in [9.17, 15) is 4.79 Å². The minimum Gasteiger partial charge on any atom is -0.377 e. The molecule has 0 bridgehead atoms. The molecule has 25 heavy (non-hydrogen) atoms. The summed E-state index contributed by atoms with van der Waals surface area (Å²) >= 11 is 0. The molecule has 0 saturated carbocycles. The van der Waals surface area contributed by atoms with Crippen LogP contribution in [0.3, 0.4) is 0 Å². The Morgan fingerprint density at radius 3 is 3.00 bits per heavy atom. The van der Waals surface area contributed by atoms with Crippen LogP contribution in [-0.4, -0.2) is 74.1 Å². The van der Waals surface area contributed by atoms with E-state index >= 15 is 0 Å². The Hall–Kier alpha value is -1.73. The fraction of sp³-hybridized carbons (Fsp3) is 0.722. The smallest absolute Gasteiger partial charge is 0.248 e. The first-order valence-electron chi connectivity index (χ1n) is 8.95. The van der Waals surface area contributed by atoms with Crippen LogP contribution in [0.15, 0.2) is 12.1 Å². The Morgan fingerprint density at radius 2 is 2.28 bits per heavy atom. The SMILES string of the molecule is Cc1ccc(N2CC[C@H]3OCCC[C@@]3(COCC(=O)N(C)C)C2)nn1. The van der Waals surface area contributed by atoms with Crippen molar-refractivity contribution in [1.82, 2.24) is 15.1 Å². The van der Waals surface area contributed by atoms with E-state index in [2.05, 4.69) is 15.1 Å². The molecule has 0 unspecified atom stereocenters. The normalized spacial score (nSPS) is 26.2. The summed E-state index contributed by atoms with van der Waals surface area (Å²) in [5.41, 5.74) is 0.829. The number of anilines is 1. The van der Waals surface area contributed by atoms with E-state index in [4.69, 9.17) is 9.47 Å². The zero-order valence-electron chi connectivity index (χ0n) is 15.4. The zero-order chi connectivity index (χ0) is 17.9. The Bertz CT molecular complexity index is 592. The van der Waals surface area contributed by atoms with Gasteiger partial charge in [-0.25, -0.2) is 0 Å². The maximum absolute atomic E-state index is 11.8. The highest BCUT2D eigenvalue weighted by molar-refractivity contribution is 5.76. The standard InChI is InChI=1S/C18H28N4O3/c1-14-5-6-16(20-19-14)22-9-7-15-18(12-22,8-4-10-25-15)13-24-11-17(23)21(2)3/h5-6,15H,4,7-13H2,1-3H3/t15-,18+/m1/s1. The highest BCUT2D eigenvalue weighted by Gasteiger charge is 2.46. The molecule has 2 aliphatic rings. The van der Waals surface area contributed by atoms with Crippen molar-refractivity contribution in [2.75, 3.05) is 51.9 Å². The molecule has 0 spiro atoms. The van der Waals surface area contributed by atoms with E-state index in [0.717, 1.165) is 50.5 Å². The third-order valence-corrected chi connectivity index (χ3v) is 5.21. The minimum atomic E-state index is -0.0876. The van der Waals surface area contributed by atoms with Crippen LogP contribution in [-0.2, 0) is 14.3 Å². The highest BCUT2D eigenvalue weighted by atomic mass is 16.5. The molecule has 2 fully saturated rings. The van der Waals surface area contributed by atoms with Gasteiger partial charge in [-0.15, -0.1) is 5.10 Å². The lowest BCUT2D eigenvalue weighted by molar-refractivity contribution is -0.144. The number of aryl methyl sites for hydroxylation is 1. The lowest BCUT2D eigenvalue weighted by Gasteiger charge is -2.50. The van der Waals surface area contributed by atoms with Crippen molar-refractivity contribution < 1.29 is 14.3 Å². The molecule has 0 aromatic carbocycles. The quantitative estimate of drug-likeness (QED) is 0.798. The second kappa shape index (κ2) is 7.66. The second-order valence-electron chi connectivity index (χ2n) is 7.35. The molecule has 0 radical (unpaired) electrons. The molecule has 1 aromatic rings. The van der Waals surface area contributed by atoms with Crippen LogP contribution in [0.4, 0.5) is 5.82 Å². The molecule has 1 amide bonds.